The van der Waals surface area contributed by atoms with Gasteiger partial charge in [0.15, 0.2) is 0 Å². The molecule has 5 heteroatoms. The SMILES string of the molecule is COc1ccc(-c2csc(N/N=C/c3cccc(C)c3)n2)cc1. The third kappa shape index (κ3) is 3.96. The van der Waals surface area contributed by atoms with E-state index in [0.29, 0.717) is 0 Å². The molecule has 3 rings (SSSR count). The number of benzene rings is 2. The van der Waals surface area contributed by atoms with Gasteiger partial charge in [-0.3, -0.25) is 5.43 Å². The highest BCUT2D eigenvalue weighted by Gasteiger charge is 2.04. The Morgan fingerprint density at radius 2 is 2.00 bits per heavy atom. The molecule has 0 aliphatic rings. The second-order valence-electron chi connectivity index (χ2n) is 5.05. The van der Waals surface area contributed by atoms with Crippen LogP contribution in [0.2, 0.25) is 0 Å². The van der Waals surface area contributed by atoms with Crippen LogP contribution in [0.15, 0.2) is 59.0 Å². The van der Waals surface area contributed by atoms with Crippen LogP contribution in [0.4, 0.5) is 5.13 Å². The van der Waals surface area contributed by atoms with Gasteiger partial charge in [0.2, 0.25) is 5.13 Å². The monoisotopic (exact) mass is 323 g/mol. The van der Waals surface area contributed by atoms with Gasteiger partial charge in [-0.05, 0) is 36.8 Å². The summed E-state index contributed by atoms with van der Waals surface area (Å²) < 4.78 is 5.16. The predicted molar refractivity (Wildman–Crippen MR) is 96.5 cm³/mol. The number of nitrogens with one attached hydrogen (secondary N) is 1. The maximum absolute atomic E-state index is 5.16. The van der Waals surface area contributed by atoms with Crippen LogP contribution in [0.5, 0.6) is 5.75 Å². The Morgan fingerprint density at radius 3 is 2.74 bits per heavy atom. The van der Waals surface area contributed by atoms with E-state index in [2.05, 4.69) is 34.6 Å². The predicted octanol–water partition coefficient (Wildman–Crippen LogP) is 4.57. The number of ether oxygens (including phenoxy) is 1. The second kappa shape index (κ2) is 7.07. The number of aryl methyl sites for hydroxylation is 1. The van der Waals surface area contributed by atoms with Crippen LogP contribution in [-0.4, -0.2) is 18.3 Å². The normalized spacial score (nSPS) is 10.9. The summed E-state index contributed by atoms with van der Waals surface area (Å²) in [6.45, 7) is 2.06. The first-order chi connectivity index (χ1) is 11.2. The molecule has 0 aliphatic heterocycles. The highest BCUT2D eigenvalue weighted by atomic mass is 32.1. The van der Waals surface area contributed by atoms with Crippen LogP contribution >= 0.6 is 11.3 Å². The fourth-order valence-corrected chi connectivity index (χ4v) is 2.80. The lowest BCUT2D eigenvalue weighted by Crippen LogP contribution is -1.90. The van der Waals surface area contributed by atoms with Crippen molar-refractivity contribution >= 4 is 22.7 Å². The van der Waals surface area contributed by atoms with Crippen molar-refractivity contribution in [3.8, 4) is 17.0 Å². The molecule has 0 fully saturated rings. The van der Waals surface area contributed by atoms with Gasteiger partial charge in [-0.1, -0.05) is 29.8 Å². The van der Waals surface area contributed by atoms with Gasteiger partial charge in [0.25, 0.3) is 0 Å². The highest BCUT2D eigenvalue weighted by molar-refractivity contribution is 7.14. The molecule has 0 amide bonds. The summed E-state index contributed by atoms with van der Waals surface area (Å²) >= 11 is 1.53. The van der Waals surface area contributed by atoms with Crippen LogP contribution in [0.1, 0.15) is 11.1 Å². The minimum atomic E-state index is 0.764. The average molecular weight is 323 g/mol. The Bertz CT molecular complexity index is 809. The molecule has 4 nitrogen and oxygen atoms in total. The Kier molecular flexibility index (Phi) is 4.68. The zero-order valence-electron chi connectivity index (χ0n) is 13.0. The Hall–Kier alpha value is -2.66. The lowest BCUT2D eigenvalue weighted by atomic mass is 10.2. The first-order valence-electron chi connectivity index (χ1n) is 7.20. The topological polar surface area (TPSA) is 46.5 Å². The molecule has 0 aliphatic carbocycles. The maximum Gasteiger partial charge on any atom is 0.203 e. The first-order valence-corrected chi connectivity index (χ1v) is 8.08. The van der Waals surface area contributed by atoms with Crippen LogP contribution in [-0.2, 0) is 0 Å². The second-order valence-corrected chi connectivity index (χ2v) is 5.91. The van der Waals surface area contributed by atoms with Gasteiger partial charge in [-0.15, -0.1) is 11.3 Å². The van der Waals surface area contributed by atoms with Crippen molar-refractivity contribution in [2.24, 2.45) is 5.10 Å². The molecule has 3 aromatic rings. The number of rotatable bonds is 5. The molecule has 0 bridgehead atoms. The maximum atomic E-state index is 5.16. The van der Waals surface area contributed by atoms with Gasteiger partial charge in [-0.2, -0.15) is 5.10 Å². The summed E-state index contributed by atoms with van der Waals surface area (Å²) in [5.41, 5.74) is 7.23. The molecule has 0 atom stereocenters. The average Bonchev–Trinajstić information content (AvgIpc) is 3.04. The number of methoxy groups -OCH3 is 1. The summed E-state index contributed by atoms with van der Waals surface area (Å²) in [5, 5.41) is 7.01. The summed E-state index contributed by atoms with van der Waals surface area (Å²) in [5.74, 6) is 0.838. The van der Waals surface area contributed by atoms with Crippen molar-refractivity contribution in [1.29, 1.82) is 0 Å². The third-order valence-electron chi connectivity index (χ3n) is 3.31. The fraction of sp³-hybridized carbons (Fsp3) is 0.111. The van der Waals surface area contributed by atoms with E-state index in [0.717, 1.165) is 27.7 Å². The number of thiazole rings is 1. The van der Waals surface area contributed by atoms with Gasteiger partial charge in [0, 0.05) is 10.9 Å². The summed E-state index contributed by atoms with van der Waals surface area (Å²) in [6, 6.07) is 16.0. The molecule has 23 heavy (non-hydrogen) atoms. The number of hydrogen-bond donors (Lipinski definition) is 1. The standard InChI is InChI=1S/C18H17N3OS/c1-13-4-3-5-14(10-13)11-19-21-18-20-17(12-23-18)15-6-8-16(22-2)9-7-15/h3-12H,1-2H3,(H,20,21)/b19-11+. The Morgan fingerprint density at radius 1 is 1.17 bits per heavy atom. The van der Waals surface area contributed by atoms with Gasteiger partial charge in [0.05, 0.1) is 19.0 Å². The van der Waals surface area contributed by atoms with Crippen molar-refractivity contribution < 1.29 is 4.74 Å². The van der Waals surface area contributed by atoms with E-state index in [9.17, 15) is 0 Å². The van der Waals surface area contributed by atoms with Crippen molar-refractivity contribution in [2.75, 3.05) is 12.5 Å². The molecular formula is C18H17N3OS. The number of nitrogens with zero attached hydrogens (tertiary/aromatic N) is 2. The molecule has 0 saturated carbocycles. The smallest absolute Gasteiger partial charge is 0.203 e. The quantitative estimate of drug-likeness (QED) is 0.552. The van der Waals surface area contributed by atoms with Crippen molar-refractivity contribution in [2.45, 2.75) is 6.92 Å². The summed E-state index contributed by atoms with van der Waals surface area (Å²) in [7, 11) is 1.66. The Labute approximate surface area is 139 Å². The number of anilines is 1. The van der Waals surface area contributed by atoms with Gasteiger partial charge < -0.3 is 4.74 Å². The zero-order chi connectivity index (χ0) is 16.1. The molecule has 1 aromatic heterocycles. The number of hydrogen-bond acceptors (Lipinski definition) is 5. The van der Waals surface area contributed by atoms with E-state index >= 15 is 0 Å². The van der Waals surface area contributed by atoms with Crippen molar-refractivity contribution in [3.05, 3.63) is 65.0 Å². The molecule has 0 spiro atoms. The van der Waals surface area contributed by atoms with Crippen LogP contribution in [0, 0.1) is 6.92 Å². The van der Waals surface area contributed by atoms with E-state index in [-0.39, 0.29) is 0 Å². The van der Waals surface area contributed by atoms with E-state index in [1.54, 1.807) is 13.3 Å². The first kappa shape index (κ1) is 15.2. The molecular weight excluding hydrogens is 306 g/mol. The third-order valence-corrected chi connectivity index (χ3v) is 4.05. The number of aromatic nitrogens is 1. The molecule has 1 heterocycles. The minimum absolute atomic E-state index is 0.764. The van der Waals surface area contributed by atoms with Crippen molar-refractivity contribution in [3.63, 3.8) is 0 Å². The molecule has 0 saturated heterocycles. The fourth-order valence-electron chi connectivity index (χ4n) is 2.13. The number of hydrazone groups is 1. The van der Waals surface area contributed by atoms with Crippen LogP contribution in [0.3, 0.4) is 0 Å². The summed E-state index contributed by atoms with van der Waals surface area (Å²) in [6.07, 6.45) is 1.79. The minimum Gasteiger partial charge on any atom is -0.497 e. The van der Waals surface area contributed by atoms with E-state index < -0.39 is 0 Å². The van der Waals surface area contributed by atoms with E-state index in [4.69, 9.17) is 4.74 Å². The van der Waals surface area contributed by atoms with E-state index in [1.807, 2.05) is 41.8 Å². The van der Waals surface area contributed by atoms with E-state index in [1.165, 1.54) is 16.9 Å². The van der Waals surface area contributed by atoms with Crippen molar-refractivity contribution in [1.82, 2.24) is 4.98 Å². The lowest BCUT2D eigenvalue weighted by Gasteiger charge is -2.00. The van der Waals surface area contributed by atoms with Crippen LogP contribution in [0.25, 0.3) is 11.3 Å². The molecule has 0 radical (unpaired) electrons. The molecule has 2 aromatic carbocycles. The zero-order valence-corrected chi connectivity index (χ0v) is 13.8. The van der Waals surface area contributed by atoms with Crippen LogP contribution < -0.4 is 10.2 Å². The van der Waals surface area contributed by atoms with Gasteiger partial charge in [0.1, 0.15) is 5.75 Å². The largest absolute Gasteiger partial charge is 0.497 e. The highest BCUT2D eigenvalue weighted by Crippen LogP contribution is 2.26. The summed E-state index contributed by atoms with van der Waals surface area (Å²) in [4.78, 5) is 4.54. The molecule has 116 valence electrons. The van der Waals surface area contributed by atoms with Gasteiger partial charge in [-0.25, -0.2) is 4.98 Å². The lowest BCUT2D eigenvalue weighted by molar-refractivity contribution is 0.415. The Balaban J connectivity index is 1.67. The molecule has 0 unspecified atom stereocenters. The van der Waals surface area contributed by atoms with Gasteiger partial charge >= 0.3 is 0 Å². The molecule has 1 N–H and O–H groups in total.